The van der Waals surface area contributed by atoms with Crippen LogP contribution >= 0.6 is 11.3 Å². The van der Waals surface area contributed by atoms with Gasteiger partial charge in [0.2, 0.25) is 10.0 Å². The lowest BCUT2D eigenvalue weighted by atomic mass is 10.2. The van der Waals surface area contributed by atoms with Gasteiger partial charge >= 0.3 is 0 Å². The Labute approximate surface area is 155 Å². The Morgan fingerprint density at radius 2 is 1.92 bits per heavy atom. The van der Waals surface area contributed by atoms with E-state index in [9.17, 15) is 13.2 Å². The molecule has 26 heavy (non-hydrogen) atoms. The highest BCUT2D eigenvalue weighted by molar-refractivity contribution is 7.89. The summed E-state index contributed by atoms with van der Waals surface area (Å²) in [7, 11) is -3.64. The molecule has 0 spiro atoms. The highest BCUT2D eigenvalue weighted by Gasteiger charge is 2.30. The number of carbonyl (C=O) groups is 1. The first kappa shape index (κ1) is 18.5. The molecule has 136 valence electrons. The summed E-state index contributed by atoms with van der Waals surface area (Å²) < 4.78 is 32.2. The van der Waals surface area contributed by atoms with Crippen molar-refractivity contribution in [1.82, 2.24) is 4.31 Å². The van der Waals surface area contributed by atoms with E-state index in [1.54, 1.807) is 31.2 Å². The average molecular weight is 391 g/mol. The Kier molecular flexibility index (Phi) is 5.38. The quantitative estimate of drug-likeness (QED) is 0.861. The van der Waals surface area contributed by atoms with E-state index in [1.807, 2.05) is 6.07 Å². The molecule has 3 rings (SSSR count). The summed E-state index contributed by atoms with van der Waals surface area (Å²) in [4.78, 5) is 13.5. The van der Waals surface area contributed by atoms with Crippen molar-refractivity contribution in [3.63, 3.8) is 0 Å². The summed E-state index contributed by atoms with van der Waals surface area (Å²) in [5.74, 6) is -0.383. The van der Waals surface area contributed by atoms with Gasteiger partial charge in [-0.15, -0.1) is 11.3 Å². The fourth-order valence-electron chi connectivity index (χ4n) is 2.58. The van der Waals surface area contributed by atoms with Crippen LogP contribution in [0.2, 0.25) is 0 Å². The topological polar surface area (TPSA) is 99.5 Å². The largest absolute Gasteiger partial charge is 0.379 e. The number of nitriles is 1. The number of hydrogen-bond donors (Lipinski definition) is 1. The maximum atomic E-state index is 12.8. The highest BCUT2D eigenvalue weighted by atomic mass is 32.2. The molecule has 2 aromatic rings. The molecule has 9 heteroatoms. The molecule has 1 aliphatic heterocycles. The van der Waals surface area contributed by atoms with Gasteiger partial charge in [-0.3, -0.25) is 4.79 Å². The highest BCUT2D eigenvalue weighted by Crippen LogP contribution is 2.29. The molecule has 0 bridgehead atoms. The summed E-state index contributed by atoms with van der Waals surface area (Å²) in [6.07, 6.45) is 0. The molecular formula is C17H17N3O4S2. The van der Waals surface area contributed by atoms with Crippen LogP contribution in [0.25, 0.3) is 0 Å². The van der Waals surface area contributed by atoms with E-state index >= 15 is 0 Å². The predicted molar refractivity (Wildman–Crippen MR) is 97.7 cm³/mol. The van der Waals surface area contributed by atoms with Crippen LogP contribution in [0, 0.1) is 18.3 Å². The third-order valence-corrected chi connectivity index (χ3v) is 7.16. The van der Waals surface area contributed by atoms with Gasteiger partial charge in [0.1, 0.15) is 0 Å². The molecule has 0 saturated carbocycles. The SMILES string of the molecule is Cc1sc(C(=O)Nc2ccc(C#N)cc2)cc1S(=O)(=O)N1CCOCC1. The zero-order valence-corrected chi connectivity index (χ0v) is 15.7. The Morgan fingerprint density at radius 3 is 2.54 bits per heavy atom. The number of thiophene rings is 1. The van der Waals surface area contributed by atoms with Gasteiger partial charge in [0.05, 0.1) is 34.6 Å². The third kappa shape index (κ3) is 3.78. The minimum absolute atomic E-state index is 0.161. The van der Waals surface area contributed by atoms with Crippen molar-refractivity contribution >= 4 is 33.0 Å². The van der Waals surface area contributed by atoms with Crippen molar-refractivity contribution in [2.24, 2.45) is 0 Å². The zero-order valence-electron chi connectivity index (χ0n) is 14.1. The first-order chi connectivity index (χ1) is 12.4. The fourth-order valence-corrected chi connectivity index (χ4v) is 5.44. The number of rotatable bonds is 4. The first-order valence-corrected chi connectivity index (χ1v) is 10.2. The predicted octanol–water partition coefficient (Wildman–Crippen LogP) is 2.20. The number of anilines is 1. The van der Waals surface area contributed by atoms with Crippen molar-refractivity contribution < 1.29 is 17.9 Å². The Morgan fingerprint density at radius 1 is 1.27 bits per heavy atom. The molecule has 1 N–H and O–H groups in total. The Hall–Kier alpha value is -2.25. The number of morpholine rings is 1. The number of sulfonamides is 1. The van der Waals surface area contributed by atoms with E-state index in [4.69, 9.17) is 10.00 Å². The van der Waals surface area contributed by atoms with E-state index in [1.165, 1.54) is 10.4 Å². The standard InChI is InChI=1S/C17H17N3O4S2/c1-12-16(26(22,23)20-6-8-24-9-7-20)10-15(25-12)17(21)19-14-4-2-13(11-18)3-5-14/h2-5,10H,6-9H2,1H3,(H,19,21). The van der Waals surface area contributed by atoms with Gasteiger partial charge in [0, 0.05) is 23.7 Å². The molecule has 0 aliphatic carbocycles. The maximum absolute atomic E-state index is 12.8. The second-order valence-corrected chi connectivity index (χ2v) is 8.85. The van der Waals surface area contributed by atoms with Crippen molar-refractivity contribution in [2.45, 2.75) is 11.8 Å². The van der Waals surface area contributed by atoms with Crippen molar-refractivity contribution in [3.05, 3.63) is 45.6 Å². The third-order valence-electron chi connectivity index (χ3n) is 3.96. The monoisotopic (exact) mass is 391 g/mol. The number of nitrogens with zero attached hydrogens (tertiary/aromatic N) is 2. The molecule has 7 nitrogen and oxygen atoms in total. The summed E-state index contributed by atoms with van der Waals surface area (Å²) in [6, 6.07) is 9.88. The number of aryl methyl sites for hydroxylation is 1. The molecule has 1 aliphatic rings. The average Bonchev–Trinajstić information content (AvgIpc) is 3.06. The lowest BCUT2D eigenvalue weighted by Gasteiger charge is -2.25. The molecular weight excluding hydrogens is 374 g/mol. The zero-order chi connectivity index (χ0) is 18.7. The second-order valence-electron chi connectivity index (χ2n) is 5.69. The van der Waals surface area contributed by atoms with Crippen LogP contribution in [0.5, 0.6) is 0 Å². The van der Waals surface area contributed by atoms with E-state index < -0.39 is 10.0 Å². The summed E-state index contributed by atoms with van der Waals surface area (Å²) in [5, 5.41) is 11.5. The number of benzene rings is 1. The van der Waals surface area contributed by atoms with Crippen molar-refractivity contribution in [3.8, 4) is 6.07 Å². The summed E-state index contributed by atoms with van der Waals surface area (Å²) in [6.45, 7) is 3.05. The van der Waals surface area contributed by atoms with Crippen LogP contribution in [-0.4, -0.2) is 44.9 Å². The van der Waals surface area contributed by atoms with Crippen LogP contribution in [0.4, 0.5) is 5.69 Å². The molecule has 1 aromatic heterocycles. The van der Waals surface area contributed by atoms with Crippen LogP contribution in [0.3, 0.4) is 0 Å². The summed E-state index contributed by atoms with van der Waals surface area (Å²) >= 11 is 1.14. The molecule has 0 atom stereocenters. The van der Waals surface area contributed by atoms with Gasteiger partial charge in [0.25, 0.3) is 5.91 Å². The second kappa shape index (κ2) is 7.55. The molecule has 1 saturated heterocycles. The van der Waals surface area contributed by atoms with Gasteiger partial charge in [-0.2, -0.15) is 9.57 Å². The maximum Gasteiger partial charge on any atom is 0.265 e. The minimum atomic E-state index is -3.64. The van der Waals surface area contributed by atoms with Gasteiger partial charge in [0.15, 0.2) is 0 Å². The molecule has 0 radical (unpaired) electrons. The number of amides is 1. The molecule has 1 aromatic carbocycles. The number of ether oxygens (including phenoxy) is 1. The minimum Gasteiger partial charge on any atom is -0.379 e. The number of carbonyl (C=O) groups excluding carboxylic acids is 1. The first-order valence-electron chi connectivity index (χ1n) is 7.91. The molecule has 2 heterocycles. The van der Waals surface area contributed by atoms with Crippen LogP contribution in [0.15, 0.2) is 35.2 Å². The van der Waals surface area contributed by atoms with Crippen LogP contribution in [-0.2, 0) is 14.8 Å². The molecule has 0 unspecified atom stereocenters. The van der Waals surface area contributed by atoms with Crippen molar-refractivity contribution in [2.75, 3.05) is 31.6 Å². The van der Waals surface area contributed by atoms with Gasteiger partial charge < -0.3 is 10.1 Å². The number of nitrogens with one attached hydrogen (secondary N) is 1. The van der Waals surface area contributed by atoms with Crippen LogP contribution < -0.4 is 5.32 Å². The van der Waals surface area contributed by atoms with E-state index in [-0.39, 0.29) is 10.8 Å². The lowest BCUT2D eigenvalue weighted by Crippen LogP contribution is -2.40. The lowest BCUT2D eigenvalue weighted by molar-refractivity contribution is 0.0730. The Bertz CT molecular complexity index is 953. The normalized spacial score (nSPS) is 15.4. The number of hydrogen-bond acceptors (Lipinski definition) is 6. The van der Waals surface area contributed by atoms with Crippen molar-refractivity contribution in [1.29, 1.82) is 5.26 Å². The summed E-state index contributed by atoms with van der Waals surface area (Å²) in [5.41, 5.74) is 1.03. The van der Waals surface area contributed by atoms with E-state index in [2.05, 4.69) is 5.32 Å². The van der Waals surface area contributed by atoms with Gasteiger partial charge in [-0.1, -0.05) is 0 Å². The molecule has 1 fully saturated rings. The van der Waals surface area contributed by atoms with Gasteiger partial charge in [-0.05, 0) is 37.3 Å². The van der Waals surface area contributed by atoms with Gasteiger partial charge in [-0.25, -0.2) is 8.42 Å². The van der Waals surface area contributed by atoms with E-state index in [0.29, 0.717) is 47.3 Å². The Balaban J connectivity index is 1.80. The van der Waals surface area contributed by atoms with E-state index in [0.717, 1.165) is 11.3 Å². The fraction of sp³-hybridized carbons (Fsp3) is 0.294. The van der Waals surface area contributed by atoms with Crippen LogP contribution in [0.1, 0.15) is 20.1 Å². The molecule has 1 amide bonds. The smallest absolute Gasteiger partial charge is 0.265 e.